The summed E-state index contributed by atoms with van der Waals surface area (Å²) in [5.41, 5.74) is 6.05. The van der Waals surface area contributed by atoms with Crippen LogP contribution < -0.4 is 0 Å². The second-order valence-corrected chi connectivity index (χ2v) is 8.23. The number of hydrogen-bond acceptors (Lipinski definition) is 4. The fraction of sp³-hybridized carbons (Fsp3) is 0.217. The van der Waals surface area contributed by atoms with Gasteiger partial charge in [0, 0.05) is 53.3 Å². The first-order chi connectivity index (χ1) is 13.8. The monoisotopic (exact) mass is 386 g/mol. The summed E-state index contributed by atoms with van der Waals surface area (Å²) in [5, 5.41) is 9.07. The van der Waals surface area contributed by atoms with Crippen molar-refractivity contribution in [1.29, 1.82) is 0 Å². The number of nitrogens with one attached hydrogen (secondary N) is 1. The normalized spacial score (nSPS) is 14.3. The second-order valence-electron chi connectivity index (χ2n) is 7.19. The third-order valence-electron chi connectivity index (χ3n) is 5.26. The van der Waals surface area contributed by atoms with Crippen molar-refractivity contribution < 1.29 is 0 Å². The molecule has 0 unspecified atom stereocenters. The summed E-state index contributed by atoms with van der Waals surface area (Å²) in [6, 6.07) is 23.2. The first-order valence-electron chi connectivity index (χ1n) is 9.65. The van der Waals surface area contributed by atoms with Crippen molar-refractivity contribution in [2.75, 3.05) is 6.54 Å². The Morgan fingerprint density at radius 1 is 0.964 bits per heavy atom. The molecule has 4 aromatic rings. The number of aromatic amines is 1. The van der Waals surface area contributed by atoms with Crippen molar-refractivity contribution in [2.24, 2.45) is 0 Å². The number of H-pyrrole nitrogens is 1. The Morgan fingerprint density at radius 2 is 1.82 bits per heavy atom. The van der Waals surface area contributed by atoms with Crippen LogP contribution in [0.5, 0.6) is 0 Å². The Kier molecular flexibility index (Phi) is 4.85. The molecule has 0 amide bonds. The van der Waals surface area contributed by atoms with Crippen molar-refractivity contribution in [3.63, 3.8) is 0 Å². The van der Waals surface area contributed by atoms with Gasteiger partial charge in [-0.15, -0.1) is 11.8 Å². The summed E-state index contributed by atoms with van der Waals surface area (Å²) < 4.78 is 0. The fourth-order valence-electron chi connectivity index (χ4n) is 3.76. The largest absolute Gasteiger partial charge is 0.293 e. The Morgan fingerprint density at radius 3 is 2.75 bits per heavy atom. The molecule has 3 heterocycles. The van der Waals surface area contributed by atoms with E-state index in [1.165, 1.54) is 27.2 Å². The summed E-state index contributed by atoms with van der Waals surface area (Å²) in [5.74, 6) is 0.901. The van der Waals surface area contributed by atoms with Gasteiger partial charge >= 0.3 is 0 Å². The zero-order valence-corrected chi connectivity index (χ0v) is 16.5. The van der Waals surface area contributed by atoms with E-state index in [4.69, 9.17) is 4.98 Å². The van der Waals surface area contributed by atoms with Crippen LogP contribution in [0.25, 0.3) is 10.9 Å². The van der Waals surface area contributed by atoms with Crippen molar-refractivity contribution >= 4 is 22.7 Å². The Labute approximate surface area is 169 Å². The van der Waals surface area contributed by atoms with Gasteiger partial charge in [-0.3, -0.25) is 15.0 Å². The minimum absolute atomic E-state index is 0.876. The third-order valence-corrected chi connectivity index (χ3v) is 6.28. The van der Waals surface area contributed by atoms with Gasteiger partial charge < -0.3 is 0 Å². The minimum Gasteiger partial charge on any atom is -0.293 e. The topological polar surface area (TPSA) is 44.8 Å². The molecule has 1 aliphatic heterocycles. The van der Waals surface area contributed by atoms with Crippen LogP contribution in [-0.2, 0) is 25.3 Å². The van der Waals surface area contributed by atoms with Gasteiger partial charge in [0.1, 0.15) is 0 Å². The van der Waals surface area contributed by atoms with Crippen molar-refractivity contribution in [1.82, 2.24) is 20.1 Å². The molecule has 5 rings (SSSR count). The molecule has 0 aliphatic carbocycles. The maximum absolute atomic E-state index is 4.84. The van der Waals surface area contributed by atoms with Crippen molar-refractivity contribution in [3.8, 4) is 0 Å². The summed E-state index contributed by atoms with van der Waals surface area (Å²) >= 11 is 1.84. The first-order valence-corrected chi connectivity index (χ1v) is 10.6. The van der Waals surface area contributed by atoms with E-state index in [0.29, 0.717) is 0 Å². The predicted molar refractivity (Wildman–Crippen MR) is 114 cm³/mol. The number of thioether (sulfide) groups is 1. The van der Waals surface area contributed by atoms with Gasteiger partial charge in [-0.05, 0) is 24.3 Å². The maximum atomic E-state index is 4.84. The van der Waals surface area contributed by atoms with Gasteiger partial charge in [-0.25, -0.2) is 0 Å². The van der Waals surface area contributed by atoms with E-state index in [1.54, 1.807) is 0 Å². The number of hydrogen-bond donors (Lipinski definition) is 1. The van der Waals surface area contributed by atoms with Gasteiger partial charge in [-0.2, -0.15) is 5.10 Å². The Hall–Kier alpha value is -2.63. The molecule has 0 saturated carbocycles. The molecule has 0 saturated heterocycles. The molecule has 0 fully saturated rings. The molecule has 1 aliphatic rings. The maximum Gasteiger partial charge on any atom is 0.0772 e. The molecule has 0 atom stereocenters. The minimum atomic E-state index is 0.876. The van der Waals surface area contributed by atoms with Gasteiger partial charge in [-0.1, -0.05) is 42.5 Å². The third kappa shape index (κ3) is 3.68. The van der Waals surface area contributed by atoms with E-state index in [1.807, 2.05) is 11.8 Å². The number of rotatable bonds is 5. The molecule has 28 heavy (non-hydrogen) atoms. The lowest BCUT2D eigenvalue weighted by Crippen LogP contribution is -2.30. The zero-order chi connectivity index (χ0) is 18.8. The highest BCUT2D eigenvalue weighted by Crippen LogP contribution is 2.27. The van der Waals surface area contributed by atoms with Gasteiger partial charge in [0.15, 0.2) is 0 Å². The molecule has 0 radical (unpaired) electrons. The average Bonchev–Trinajstić information content (AvgIpc) is 3.15. The van der Waals surface area contributed by atoms with Crippen LogP contribution in [-0.4, -0.2) is 26.6 Å². The smallest absolute Gasteiger partial charge is 0.0772 e. The Balaban J connectivity index is 1.29. The van der Waals surface area contributed by atoms with Crippen molar-refractivity contribution in [2.45, 2.75) is 30.2 Å². The molecule has 2 aromatic heterocycles. The molecule has 4 nitrogen and oxygen atoms in total. The summed E-state index contributed by atoms with van der Waals surface area (Å²) in [6.45, 7) is 2.85. The summed E-state index contributed by atoms with van der Waals surface area (Å²) in [6.07, 6.45) is 1.02. The average molecular weight is 387 g/mol. The number of aromatic nitrogens is 3. The summed E-state index contributed by atoms with van der Waals surface area (Å²) in [7, 11) is 0. The lowest BCUT2D eigenvalue weighted by atomic mass is 10.1. The van der Waals surface area contributed by atoms with E-state index < -0.39 is 0 Å². The number of para-hydroxylation sites is 1. The van der Waals surface area contributed by atoms with Gasteiger partial charge in [0.25, 0.3) is 0 Å². The summed E-state index contributed by atoms with van der Waals surface area (Å²) in [4.78, 5) is 8.60. The molecule has 2 aromatic carbocycles. The van der Waals surface area contributed by atoms with Crippen LogP contribution in [0.1, 0.15) is 22.6 Å². The zero-order valence-electron chi connectivity index (χ0n) is 15.6. The number of pyridine rings is 1. The lowest BCUT2D eigenvalue weighted by Gasteiger charge is -2.26. The molecular weight excluding hydrogens is 364 g/mol. The van der Waals surface area contributed by atoms with E-state index in [-0.39, 0.29) is 0 Å². The Bertz CT molecular complexity index is 1090. The van der Waals surface area contributed by atoms with Crippen molar-refractivity contribution in [3.05, 3.63) is 89.4 Å². The molecule has 5 heteroatoms. The lowest BCUT2D eigenvalue weighted by molar-refractivity contribution is 0.241. The van der Waals surface area contributed by atoms with Gasteiger partial charge in [0.05, 0.1) is 16.9 Å². The van der Waals surface area contributed by atoms with Crippen LogP contribution in [0.2, 0.25) is 0 Å². The number of nitrogens with zero attached hydrogens (tertiary/aromatic N) is 3. The fourth-order valence-corrected chi connectivity index (χ4v) is 4.65. The molecular formula is C23H22N4S. The molecule has 0 bridgehead atoms. The second kappa shape index (κ2) is 7.78. The van der Waals surface area contributed by atoms with E-state index in [2.05, 4.69) is 81.8 Å². The van der Waals surface area contributed by atoms with Crippen LogP contribution in [0.15, 0.2) is 71.6 Å². The number of fused-ring (bicyclic) bond motifs is 2. The predicted octanol–water partition coefficient (Wildman–Crippen LogP) is 4.81. The SMILES string of the molecule is c1ccc(SCc2n[nH]c3c2CN(Cc2ccc4ccccc4n2)CC3)cc1. The highest BCUT2D eigenvalue weighted by atomic mass is 32.2. The molecule has 0 spiro atoms. The molecule has 1 N–H and O–H groups in total. The quantitative estimate of drug-likeness (QED) is 0.500. The van der Waals surface area contributed by atoms with Crippen LogP contribution >= 0.6 is 11.8 Å². The van der Waals surface area contributed by atoms with Crippen LogP contribution in [0.3, 0.4) is 0 Å². The first kappa shape index (κ1) is 17.5. The van der Waals surface area contributed by atoms with E-state index in [0.717, 1.165) is 43.0 Å². The van der Waals surface area contributed by atoms with Gasteiger partial charge in [0.2, 0.25) is 0 Å². The van der Waals surface area contributed by atoms with Crippen LogP contribution in [0.4, 0.5) is 0 Å². The molecule has 140 valence electrons. The van der Waals surface area contributed by atoms with Crippen LogP contribution in [0, 0.1) is 0 Å². The highest BCUT2D eigenvalue weighted by Gasteiger charge is 2.22. The van der Waals surface area contributed by atoms with E-state index >= 15 is 0 Å². The van der Waals surface area contributed by atoms with E-state index in [9.17, 15) is 0 Å². The highest BCUT2D eigenvalue weighted by molar-refractivity contribution is 7.98. The standard InChI is InChI=1S/C23H22N4S/c1-2-7-19(8-3-1)28-16-23-20-15-27(13-12-22(20)25-26-23)14-18-11-10-17-6-4-5-9-21(17)24-18/h1-11H,12-16H2,(H,25,26). The number of benzene rings is 2.